The van der Waals surface area contributed by atoms with E-state index in [2.05, 4.69) is 22.1 Å². The molecule has 3 saturated heterocycles. The van der Waals surface area contributed by atoms with Gasteiger partial charge in [-0.15, -0.1) is 6.58 Å². The fourth-order valence-corrected chi connectivity index (χ4v) is 3.82. The van der Waals surface area contributed by atoms with Crippen molar-refractivity contribution in [3.05, 3.63) is 12.7 Å². The highest BCUT2D eigenvalue weighted by Crippen LogP contribution is 2.33. The smallest absolute Gasteiger partial charge is 0.315 e. The molecule has 5 N–H and O–H groups in total. The molecule has 3 aliphatic rings. The molecule has 0 radical (unpaired) electrons. The Morgan fingerprint density at radius 3 is 2.72 bits per heavy atom. The van der Waals surface area contributed by atoms with Crippen LogP contribution in [0, 0.1) is 5.92 Å². The van der Waals surface area contributed by atoms with Gasteiger partial charge in [0.2, 0.25) is 5.91 Å². The summed E-state index contributed by atoms with van der Waals surface area (Å²) >= 11 is 0. The summed E-state index contributed by atoms with van der Waals surface area (Å²) in [4.78, 5) is 25.3. The number of carbonyl (C=O) groups excluding carboxylic acids is 2. The zero-order valence-corrected chi connectivity index (χ0v) is 14.1. The quantitative estimate of drug-likeness (QED) is 0.446. The molecule has 3 heterocycles. The van der Waals surface area contributed by atoms with E-state index in [1.807, 2.05) is 0 Å². The number of likely N-dealkylation sites (tertiary alicyclic amines) is 1. The molecular weight excluding hydrogens is 328 g/mol. The predicted octanol–water partition coefficient (Wildman–Crippen LogP) is -1.48. The number of hydrogen-bond donors (Lipinski definition) is 4. The van der Waals surface area contributed by atoms with Crippen molar-refractivity contribution in [3.8, 4) is 0 Å². The lowest BCUT2D eigenvalue weighted by atomic mass is 9.90. The van der Waals surface area contributed by atoms with Crippen molar-refractivity contribution in [3.63, 3.8) is 0 Å². The third-order valence-electron chi connectivity index (χ3n) is 5.19. The van der Waals surface area contributed by atoms with Crippen molar-refractivity contribution in [1.29, 1.82) is 0 Å². The van der Waals surface area contributed by atoms with E-state index in [-0.39, 0.29) is 24.0 Å². The summed E-state index contributed by atoms with van der Waals surface area (Å²) in [6, 6.07) is -1.34. The van der Waals surface area contributed by atoms with Crippen LogP contribution in [0.4, 0.5) is 4.79 Å². The lowest BCUT2D eigenvalue weighted by Gasteiger charge is -2.45. The molecule has 0 aromatic carbocycles. The molecule has 9 nitrogen and oxygen atoms in total. The Labute approximate surface area is 146 Å². The Balaban J connectivity index is 1.65. The van der Waals surface area contributed by atoms with Crippen LogP contribution in [-0.4, -0.2) is 78.8 Å². The van der Waals surface area contributed by atoms with Gasteiger partial charge in [0.25, 0.3) is 0 Å². The summed E-state index contributed by atoms with van der Waals surface area (Å²) in [6.07, 6.45) is 1.13. The molecule has 0 aliphatic carbocycles. The van der Waals surface area contributed by atoms with Crippen LogP contribution in [0.25, 0.3) is 0 Å². The van der Waals surface area contributed by atoms with Crippen molar-refractivity contribution in [1.82, 2.24) is 15.5 Å². The number of carbonyl (C=O) groups is 2. The summed E-state index contributed by atoms with van der Waals surface area (Å²) in [5.74, 6) is -0.413. The van der Waals surface area contributed by atoms with Crippen LogP contribution in [0.15, 0.2) is 12.7 Å². The normalized spacial score (nSPS) is 36.0. The molecule has 0 spiro atoms. The molecule has 5 atom stereocenters. The van der Waals surface area contributed by atoms with Gasteiger partial charge in [0.15, 0.2) is 6.29 Å². The number of primary amides is 1. The highest BCUT2D eigenvalue weighted by atomic mass is 16.7. The first-order chi connectivity index (χ1) is 12.0. The number of rotatable bonds is 5. The van der Waals surface area contributed by atoms with Crippen LogP contribution in [0.2, 0.25) is 0 Å². The summed E-state index contributed by atoms with van der Waals surface area (Å²) in [6.45, 7) is 5.45. The minimum atomic E-state index is -0.828. The number of aliphatic hydroxyl groups is 1. The van der Waals surface area contributed by atoms with Crippen LogP contribution in [0.3, 0.4) is 0 Å². The van der Waals surface area contributed by atoms with E-state index in [4.69, 9.17) is 15.2 Å². The highest BCUT2D eigenvalue weighted by Gasteiger charge is 2.53. The monoisotopic (exact) mass is 354 g/mol. The number of amides is 3. The Hall–Kier alpha value is -1.68. The molecule has 25 heavy (non-hydrogen) atoms. The molecule has 0 unspecified atom stereocenters. The van der Waals surface area contributed by atoms with Gasteiger partial charge >= 0.3 is 6.03 Å². The molecule has 0 saturated carbocycles. The van der Waals surface area contributed by atoms with Crippen molar-refractivity contribution in [2.75, 3.05) is 26.2 Å². The molecule has 2 bridgehead atoms. The summed E-state index contributed by atoms with van der Waals surface area (Å²) in [5, 5.41) is 16.3. The van der Waals surface area contributed by atoms with Crippen LogP contribution >= 0.6 is 0 Å². The minimum absolute atomic E-state index is 0.131. The van der Waals surface area contributed by atoms with Crippen molar-refractivity contribution in [2.45, 2.75) is 43.4 Å². The standard InChI is InChI=1S/C16H26N4O5/c1-2-5-18-16(23)19-11-10-8-24-15(25-10)12(13(11)21)20-6-3-9(4-7-20)14(17)22/h2,9-13,15,21H,1,3-8H2,(H2,17,22)(H2,18,19,23)/t10-,11-,12-,13+,15-/m1/s1. The second-order valence-electron chi connectivity index (χ2n) is 6.74. The van der Waals surface area contributed by atoms with Crippen LogP contribution < -0.4 is 16.4 Å². The third kappa shape index (κ3) is 3.79. The summed E-state index contributed by atoms with van der Waals surface area (Å²) in [7, 11) is 0. The number of aliphatic hydroxyl groups excluding tert-OH is 1. The van der Waals surface area contributed by atoms with E-state index < -0.39 is 24.5 Å². The first-order valence-corrected chi connectivity index (χ1v) is 8.65. The number of nitrogens with one attached hydrogen (secondary N) is 2. The third-order valence-corrected chi connectivity index (χ3v) is 5.19. The molecule has 3 aliphatic heterocycles. The van der Waals surface area contributed by atoms with Gasteiger partial charge in [-0.3, -0.25) is 9.69 Å². The molecule has 9 heteroatoms. The molecule has 3 rings (SSSR count). The maximum absolute atomic E-state index is 11.9. The maximum Gasteiger partial charge on any atom is 0.315 e. The van der Waals surface area contributed by atoms with Crippen LogP contribution in [-0.2, 0) is 14.3 Å². The second-order valence-corrected chi connectivity index (χ2v) is 6.74. The van der Waals surface area contributed by atoms with E-state index in [1.54, 1.807) is 6.08 Å². The average Bonchev–Trinajstić information content (AvgIpc) is 3.02. The summed E-state index contributed by atoms with van der Waals surface area (Å²) in [5.41, 5.74) is 5.38. The highest BCUT2D eigenvalue weighted by molar-refractivity contribution is 5.76. The van der Waals surface area contributed by atoms with Gasteiger partial charge in [-0.05, 0) is 25.9 Å². The van der Waals surface area contributed by atoms with E-state index >= 15 is 0 Å². The van der Waals surface area contributed by atoms with Gasteiger partial charge in [-0.1, -0.05) is 6.08 Å². The lowest BCUT2D eigenvalue weighted by molar-refractivity contribution is -0.184. The van der Waals surface area contributed by atoms with Gasteiger partial charge in [0, 0.05) is 12.5 Å². The largest absolute Gasteiger partial charge is 0.389 e. The SMILES string of the molecule is C=CCNC(=O)N[C@H]1[C@H](O)[C@@H](N2CCC(C(N)=O)CC2)[C@@H]2OC[C@H]1O2. The van der Waals surface area contributed by atoms with E-state index in [0.717, 1.165) is 0 Å². The molecule has 140 valence electrons. The molecule has 0 aromatic heterocycles. The van der Waals surface area contributed by atoms with Crippen LogP contribution in [0.1, 0.15) is 12.8 Å². The van der Waals surface area contributed by atoms with E-state index in [0.29, 0.717) is 39.1 Å². The zero-order chi connectivity index (χ0) is 18.0. The fraction of sp³-hybridized carbons (Fsp3) is 0.750. The Bertz CT molecular complexity index is 523. The van der Waals surface area contributed by atoms with Gasteiger partial charge in [-0.2, -0.15) is 0 Å². The first kappa shape index (κ1) is 18.1. The van der Waals surface area contributed by atoms with Gasteiger partial charge in [0.05, 0.1) is 24.8 Å². The Kier molecular flexibility index (Phi) is 5.57. The fourth-order valence-electron chi connectivity index (χ4n) is 3.82. The lowest BCUT2D eigenvalue weighted by Crippen LogP contribution is -2.66. The molecule has 3 amide bonds. The van der Waals surface area contributed by atoms with E-state index in [1.165, 1.54) is 0 Å². The molecule has 3 fully saturated rings. The number of hydrogen-bond acceptors (Lipinski definition) is 6. The van der Waals surface area contributed by atoms with Crippen LogP contribution in [0.5, 0.6) is 0 Å². The second kappa shape index (κ2) is 7.69. The number of nitrogens with two attached hydrogens (primary N) is 1. The van der Waals surface area contributed by atoms with Crippen molar-refractivity contribution in [2.24, 2.45) is 11.7 Å². The number of nitrogens with zero attached hydrogens (tertiary/aromatic N) is 1. The minimum Gasteiger partial charge on any atom is -0.389 e. The number of ether oxygens (including phenoxy) is 2. The predicted molar refractivity (Wildman–Crippen MR) is 88.4 cm³/mol. The molecular formula is C16H26N4O5. The number of urea groups is 1. The van der Waals surface area contributed by atoms with Gasteiger partial charge in [0.1, 0.15) is 6.10 Å². The topological polar surface area (TPSA) is 126 Å². The average molecular weight is 354 g/mol. The maximum atomic E-state index is 11.9. The van der Waals surface area contributed by atoms with Gasteiger partial charge in [-0.25, -0.2) is 4.79 Å². The van der Waals surface area contributed by atoms with Gasteiger partial charge < -0.3 is 30.9 Å². The number of fused-ring (bicyclic) bond motifs is 2. The molecule has 0 aromatic rings. The van der Waals surface area contributed by atoms with Crippen molar-refractivity contribution >= 4 is 11.9 Å². The first-order valence-electron chi connectivity index (χ1n) is 8.65. The zero-order valence-electron chi connectivity index (χ0n) is 14.1. The number of piperidine rings is 1. The Morgan fingerprint density at radius 1 is 1.36 bits per heavy atom. The van der Waals surface area contributed by atoms with E-state index in [9.17, 15) is 14.7 Å². The summed E-state index contributed by atoms with van der Waals surface area (Å²) < 4.78 is 11.5. The Morgan fingerprint density at radius 2 is 2.08 bits per heavy atom. The van der Waals surface area contributed by atoms with Crippen molar-refractivity contribution < 1.29 is 24.2 Å².